The molecule has 0 aliphatic heterocycles. The lowest BCUT2D eigenvalue weighted by atomic mass is 9.92. The average molecular weight is 329 g/mol. The Labute approximate surface area is 122 Å². The number of nitrogens with one attached hydrogen (secondary N) is 2. The van der Waals surface area contributed by atoms with Crippen molar-refractivity contribution in [1.82, 2.24) is 10.3 Å². The van der Waals surface area contributed by atoms with Crippen LogP contribution in [0.25, 0.3) is 0 Å². The van der Waals surface area contributed by atoms with Crippen LogP contribution in [-0.4, -0.2) is 17.4 Å². The van der Waals surface area contributed by atoms with Gasteiger partial charge in [0.15, 0.2) is 0 Å². The first-order valence-electron chi connectivity index (χ1n) is 6.44. The van der Waals surface area contributed by atoms with Crippen molar-refractivity contribution in [3.63, 3.8) is 0 Å². The number of aromatic amines is 1. The van der Waals surface area contributed by atoms with E-state index in [0.717, 1.165) is 16.6 Å². The Hall–Kier alpha value is -1.10. The molecule has 2 N–H and O–H groups in total. The molecule has 0 aliphatic carbocycles. The van der Waals surface area contributed by atoms with Gasteiger partial charge in [-0.15, -0.1) is 0 Å². The lowest BCUT2D eigenvalue weighted by Gasteiger charge is -2.18. The summed E-state index contributed by atoms with van der Waals surface area (Å²) in [5.74, 6) is -0.325. The van der Waals surface area contributed by atoms with Crippen LogP contribution in [-0.2, 0) is 6.42 Å². The van der Waals surface area contributed by atoms with Gasteiger partial charge in [-0.25, -0.2) is 0 Å². The third kappa shape index (κ3) is 4.82. The Morgan fingerprint density at radius 2 is 2.05 bits per heavy atom. The smallest absolute Gasteiger partial charge is 0.261 e. The zero-order valence-electron chi connectivity index (χ0n) is 11.9. The summed E-state index contributed by atoms with van der Waals surface area (Å²) < 4.78 is 0.760. The number of amides is 1. The third-order valence-corrected chi connectivity index (χ3v) is 3.53. The summed E-state index contributed by atoms with van der Waals surface area (Å²) in [6.07, 6.45) is 1.58. The topological polar surface area (TPSA) is 62.0 Å². The maximum absolute atomic E-state index is 12.0. The van der Waals surface area contributed by atoms with Crippen molar-refractivity contribution in [2.24, 2.45) is 5.41 Å². The SMILES string of the molecule is CCc1[nH]c(=O)c(C(=O)NCCC(C)(C)C)cc1Br. The van der Waals surface area contributed by atoms with Gasteiger partial charge < -0.3 is 10.3 Å². The monoisotopic (exact) mass is 328 g/mol. The van der Waals surface area contributed by atoms with Crippen molar-refractivity contribution in [3.05, 3.63) is 32.2 Å². The molecule has 1 heterocycles. The van der Waals surface area contributed by atoms with Crippen LogP contribution in [0.3, 0.4) is 0 Å². The molecule has 1 aromatic heterocycles. The van der Waals surface area contributed by atoms with E-state index < -0.39 is 0 Å². The van der Waals surface area contributed by atoms with Crippen molar-refractivity contribution >= 4 is 21.8 Å². The largest absolute Gasteiger partial charge is 0.352 e. The summed E-state index contributed by atoms with van der Waals surface area (Å²) in [7, 11) is 0. The van der Waals surface area contributed by atoms with Crippen LogP contribution in [0.5, 0.6) is 0 Å². The number of aromatic nitrogens is 1. The Kier molecular flexibility index (Phi) is 5.35. The van der Waals surface area contributed by atoms with E-state index in [1.807, 2.05) is 6.92 Å². The maximum Gasteiger partial charge on any atom is 0.261 e. The van der Waals surface area contributed by atoms with Gasteiger partial charge in [-0.1, -0.05) is 27.7 Å². The summed E-state index contributed by atoms with van der Waals surface area (Å²) in [4.78, 5) is 26.5. The second kappa shape index (κ2) is 6.37. The highest BCUT2D eigenvalue weighted by Crippen LogP contribution is 2.17. The fraction of sp³-hybridized carbons (Fsp3) is 0.571. The predicted octanol–water partition coefficient (Wildman–Crippen LogP) is 2.87. The van der Waals surface area contributed by atoms with Gasteiger partial charge in [-0.3, -0.25) is 9.59 Å². The van der Waals surface area contributed by atoms with E-state index in [1.165, 1.54) is 0 Å². The van der Waals surface area contributed by atoms with Crippen molar-refractivity contribution in [2.75, 3.05) is 6.54 Å². The molecule has 1 amide bonds. The molecule has 5 heteroatoms. The van der Waals surface area contributed by atoms with Crippen molar-refractivity contribution in [1.29, 1.82) is 0 Å². The maximum atomic E-state index is 12.0. The summed E-state index contributed by atoms with van der Waals surface area (Å²) in [5, 5.41) is 2.78. The lowest BCUT2D eigenvalue weighted by Crippen LogP contribution is -2.32. The molecule has 4 nitrogen and oxygen atoms in total. The molecule has 0 bridgehead atoms. The first-order valence-corrected chi connectivity index (χ1v) is 7.24. The van der Waals surface area contributed by atoms with Crippen molar-refractivity contribution in [3.8, 4) is 0 Å². The fourth-order valence-corrected chi connectivity index (χ4v) is 2.22. The molecule has 0 atom stereocenters. The van der Waals surface area contributed by atoms with Crippen LogP contribution in [0.4, 0.5) is 0 Å². The van der Waals surface area contributed by atoms with Gasteiger partial charge >= 0.3 is 0 Å². The number of rotatable bonds is 4. The van der Waals surface area contributed by atoms with E-state index in [-0.39, 0.29) is 22.4 Å². The third-order valence-electron chi connectivity index (χ3n) is 2.83. The van der Waals surface area contributed by atoms with Crippen LogP contribution in [0.1, 0.15) is 50.2 Å². The molecule has 0 aromatic carbocycles. The molecule has 0 unspecified atom stereocenters. The van der Waals surface area contributed by atoms with Gasteiger partial charge in [-0.05, 0) is 40.3 Å². The zero-order valence-corrected chi connectivity index (χ0v) is 13.5. The van der Waals surface area contributed by atoms with Crippen LogP contribution >= 0.6 is 15.9 Å². The number of H-pyrrole nitrogens is 1. The van der Waals surface area contributed by atoms with Crippen LogP contribution in [0, 0.1) is 5.41 Å². The number of carbonyl (C=O) groups is 1. The van der Waals surface area contributed by atoms with E-state index in [2.05, 4.69) is 47.0 Å². The van der Waals surface area contributed by atoms with E-state index in [9.17, 15) is 9.59 Å². The molecule has 1 aromatic rings. The number of halogens is 1. The Morgan fingerprint density at radius 1 is 1.42 bits per heavy atom. The highest BCUT2D eigenvalue weighted by Gasteiger charge is 2.15. The van der Waals surface area contributed by atoms with Gasteiger partial charge in [0.1, 0.15) is 5.56 Å². The van der Waals surface area contributed by atoms with Crippen LogP contribution in [0.2, 0.25) is 0 Å². The summed E-state index contributed by atoms with van der Waals surface area (Å²) >= 11 is 3.36. The standard InChI is InChI=1S/C14H21BrN2O2/c1-5-11-10(15)8-9(13(19)17-11)12(18)16-7-6-14(2,3)4/h8H,5-7H2,1-4H3,(H,16,18)(H,17,19). The van der Waals surface area contributed by atoms with E-state index >= 15 is 0 Å². The van der Waals surface area contributed by atoms with E-state index in [0.29, 0.717) is 13.0 Å². The Bertz CT molecular complexity index is 515. The quantitative estimate of drug-likeness (QED) is 0.892. The first-order chi connectivity index (χ1) is 8.74. The van der Waals surface area contributed by atoms with Crippen LogP contribution in [0.15, 0.2) is 15.3 Å². The molecule has 1 rings (SSSR count). The molecule has 0 saturated heterocycles. The fourth-order valence-electron chi connectivity index (χ4n) is 1.62. The van der Waals surface area contributed by atoms with Gasteiger partial charge in [0.2, 0.25) is 0 Å². The highest BCUT2D eigenvalue weighted by atomic mass is 79.9. The number of carbonyl (C=O) groups excluding carboxylic acids is 1. The highest BCUT2D eigenvalue weighted by molar-refractivity contribution is 9.10. The average Bonchev–Trinajstić information content (AvgIpc) is 2.29. The molecular formula is C14H21BrN2O2. The molecule has 0 spiro atoms. The van der Waals surface area contributed by atoms with Gasteiger partial charge in [0.25, 0.3) is 11.5 Å². The number of aryl methyl sites for hydroxylation is 1. The lowest BCUT2D eigenvalue weighted by molar-refractivity contribution is 0.0948. The second-order valence-electron chi connectivity index (χ2n) is 5.76. The molecule has 106 valence electrons. The van der Waals surface area contributed by atoms with Gasteiger partial charge in [-0.2, -0.15) is 0 Å². The Morgan fingerprint density at radius 3 is 2.58 bits per heavy atom. The summed E-state index contributed by atoms with van der Waals surface area (Å²) in [6, 6.07) is 1.59. The van der Waals surface area contributed by atoms with Gasteiger partial charge in [0.05, 0.1) is 0 Å². The van der Waals surface area contributed by atoms with Crippen molar-refractivity contribution in [2.45, 2.75) is 40.5 Å². The minimum atomic E-state index is -0.340. The minimum Gasteiger partial charge on any atom is -0.352 e. The summed E-state index contributed by atoms with van der Waals surface area (Å²) in [5.41, 5.74) is 0.773. The van der Waals surface area contributed by atoms with Crippen molar-refractivity contribution < 1.29 is 4.79 Å². The second-order valence-corrected chi connectivity index (χ2v) is 6.61. The minimum absolute atomic E-state index is 0.151. The van der Waals surface area contributed by atoms with Crippen LogP contribution < -0.4 is 10.9 Å². The predicted molar refractivity (Wildman–Crippen MR) is 80.5 cm³/mol. The molecular weight excluding hydrogens is 308 g/mol. The molecule has 0 aliphatic rings. The number of pyridine rings is 1. The van der Waals surface area contributed by atoms with E-state index in [4.69, 9.17) is 0 Å². The molecule has 19 heavy (non-hydrogen) atoms. The number of hydrogen-bond acceptors (Lipinski definition) is 2. The number of hydrogen-bond donors (Lipinski definition) is 2. The van der Waals surface area contributed by atoms with Gasteiger partial charge in [0, 0.05) is 16.7 Å². The zero-order chi connectivity index (χ0) is 14.6. The molecule has 0 fully saturated rings. The Balaban J connectivity index is 2.78. The van der Waals surface area contributed by atoms with E-state index in [1.54, 1.807) is 6.07 Å². The normalized spacial score (nSPS) is 11.4. The molecule has 0 radical (unpaired) electrons. The summed E-state index contributed by atoms with van der Waals surface area (Å²) in [6.45, 7) is 8.84. The first kappa shape index (κ1) is 16.0. The molecule has 0 saturated carbocycles.